The minimum absolute atomic E-state index is 0.208. The fourth-order valence-corrected chi connectivity index (χ4v) is 1.61. The zero-order chi connectivity index (χ0) is 14.3. The molecule has 0 aliphatic carbocycles. The summed E-state index contributed by atoms with van der Waals surface area (Å²) in [6.45, 7) is 0.105. The Morgan fingerprint density at radius 1 is 1.26 bits per heavy atom. The topological polar surface area (TPSA) is 76.1 Å². The van der Waals surface area contributed by atoms with Gasteiger partial charge in [0.25, 0.3) is 5.91 Å². The van der Waals surface area contributed by atoms with Crippen molar-refractivity contribution in [1.29, 1.82) is 0 Å². The zero-order valence-electron chi connectivity index (χ0n) is 11.0. The first-order valence-corrected chi connectivity index (χ1v) is 5.73. The Bertz CT molecular complexity index is 446. The molecule has 1 amide bonds. The van der Waals surface area contributed by atoms with Gasteiger partial charge in [0, 0.05) is 13.7 Å². The van der Waals surface area contributed by atoms with Crippen LogP contribution in [0.4, 0.5) is 0 Å². The summed E-state index contributed by atoms with van der Waals surface area (Å²) in [5.41, 5.74) is 0.336. The Morgan fingerprint density at radius 3 is 2.53 bits per heavy atom. The lowest BCUT2D eigenvalue weighted by atomic mass is 10.1. The second kappa shape index (κ2) is 7.38. The lowest BCUT2D eigenvalue weighted by Gasteiger charge is -2.21. The summed E-state index contributed by atoms with van der Waals surface area (Å²) < 4.78 is 9.98. The highest BCUT2D eigenvalue weighted by molar-refractivity contribution is 5.98. The maximum absolute atomic E-state index is 12.3. The molecule has 0 fully saturated rings. The van der Waals surface area contributed by atoms with E-state index in [4.69, 9.17) is 14.6 Å². The summed E-state index contributed by atoms with van der Waals surface area (Å²) in [5, 5.41) is 8.84. The number of carbonyl (C=O) groups excluding carboxylic acids is 1. The molecule has 0 spiro atoms. The second-order valence-electron chi connectivity index (χ2n) is 3.81. The number of nitrogens with zero attached hydrogens (tertiary/aromatic N) is 1. The van der Waals surface area contributed by atoms with Gasteiger partial charge in [-0.1, -0.05) is 12.1 Å². The summed E-state index contributed by atoms with van der Waals surface area (Å²) in [6, 6.07) is 6.70. The number of amides is 1. The van der Waals surface area contributed by atoms with Crippen LogP contribution in [0.2, 0.25) is 0 Å². The standard InChI is InChI=1S/C13H17NO5/c1-18-8-7-14(9-12(15)16)13(17)10-5-3-4-6-11(10)19-2/h3-6H,7-9H2,1-2H3,(H,15,16). The molecular weight excluding hydrogens is 250 g/mol. The molecule has 0 atom stereocenters. The van der Waals surface area contributed by atoms with Crippen LogP contribution in [-0.2, 0) is 9.53 Å². The number of hydrogen-bond donors (Lipinski definition) is 1. The fraction of sp³-hybridized carbons (Fsp3) is 0.385. The van der Waals surface area contributed by atoms with Crippen molar-refractivity contribution in [2.45, 2.75) is 0 Å². The molecule has 1 N–H and O–H groups in total. The molecule has 0 unspecified atom stereocenters. The molecule has 19 heavy (non-hydrogen) atoms. The number of aliphatic carboxylic acids is 1. The van der Waals surface area contributed by atoms with Crippen molar-refractivity contribution in [3.63, 3.8) is 0 Å². The average molecular weight is 267 g/mol. The van der Waals surface area contributed by atoms with Gasteiger partial charge in [0.15, 0.2) is 0 Å². The molecule has 1 aromatic rings. The molecule has 0 radical (unpaired) electrons. The molecule has 6 heteroatoms. The summed E-state index contributed by atoms with van der Waals surface area (Å²) in [6.07, 6.45) is 0. The number of methoxy groups -OCH3 is 2. The molecule has 0 aromatic heterocycles. The zero-order valence-corrected chi connectivity index (χ0v) is 11.0. The second-order valence-corrected chi connectivity index (χ2v) is 3.81. The number of hydrogen-bond acceptors (Lipinski definition) is 4. The predicted octanol–water partition coefficient (Wildman–Crippen LogP) is 0.868. The third-order valence-corrected chi connectivity index (χ3v) is 2.52. The first-order valence-electron chi connectivity index (χ1n) is 5.73. The molecule has 0 saturated heterocycles. The van der Waals surface area contributed by atoms with Gasteiger partial charge in [-0.2, -0.15) is 0 Å². The van der Waals surface area contributed by atoms with Gasteiger partial charge >= 0.3 is 5.97 Å². The Balaban J connectivity index is 2.93. The van der Waals surface area contributed by atoms with Crippen molar-refractivity contribution in [2.75, 3.05) is 33.9 Å². The van der Waals surface area contributed by atoms with Crippen LogP contribution >= 0.6 is 0 Å². The lowest BCUT2D eigenvalue weighted by molar-refractivity contribution is -0.137. The SMILES string of the molecule is COCCN(CC(=O)O)C(=O)c1ccccc1OC. The van der Waals surface area contributed by atoms with Crippen molar-refractivity contribution in [3.8, 4) is 5.75 Å². The van der Waals surface area contributed by atoms with Crippen LogP contribution in [0.1, 0.15) is 10.4 Å². The largest absolute Gasteiger partial charge is 0.496 e. The van der Waals surface area contributed by atoms with Gasteiger partial charge in [0.2, 0.25) is 0 Å². The summed E-state index contributed by atoms with van der Waals surface area (Å²) in [5.74, 6) is -1.04. The highest BCUT2D eigenvalue weighted by atomic mass is 16.5. The Hall–Kier alpha value is -2.08. The Morgan fingerprint density at radius 2 is 1.95 bits per heavy atom. The van der Waals surface area contributed by atoms with Crippen molar-refractivity contribution >= 4 is 11.9 Å². The van der Waals surface area contributed by atoms with Crippen molar-refractivity contribution in [3.05, 3.63) is 29.8 Å². The molecular formula is C13H17NO5. The van der Waals surface area contributed by atoms with Crippen molar-refractivity contribution in [2.24, 2.45) is 0 Å². The average Bonchev–Trinajstić information content (AvgIpc) is 2.42. The molecule has 0 aliphatic rings. The molecule has 0 bridgehead atoms. The molecule has 1 aromatic carbocycles. The number of ether oxygens (including phenoxy) is 2. The molecule has 104 valence electrons. The van der Waals surface area contributed by atoms with Crippen molar-refractivity contribution in [1.82, 2.24) is 4.90 Å². The summed E-state index contributed by atoms with van der Waals surface area (Å²) in [7, 11) is 2.95. The van der Waals surface area contributed by atoms with Crippen LogP contribution in [0.15, 0.2) is 24.3 Å². The van der Waals surface area contributed by atoms with Gasteiger partial charge in [0.1, 0.15) is 12.3 Å². The van der Waals surface area contributed by atoms with Crippen LogP contribution in [0, 0.1) is 0 Å². The van der Waals surface area contributed by atoms with Gasteiger partial charge in [-0.05, 0) is 12.1 Å². The van der Waals surface area contributed by atoms with E-state index >= 15 is 0 Å². The van der Waals surface area contributed by atoms with E-state index in [1.165, 1.54) is 19.1 Å². The fourth-order valence-electron chi connectivity index (χ4n) is 1.61. The maximum atomic E-state index is 12.3. The van der Waals surface area contributed by atoms with E-state index in [9.17, 15) is 9.59 Å². The quantitative estimate of drug-likeness (QED) is 0.793. The van der Waals surface area contributed by atoms with Crippen molar-refractivity contribution < 1.29 is 24.2 Å². The number of para-hydroxylation sites is 1. The number of rotatable bonds is 7. The minimum atomic E-state index is -1.07. The highest BCUT2D eigenvalue weighted by Gasteiger charge is 2.21. The Kier molecular flexibility index (Phi) is 5.81. The van der Waals surface area contributed by atoms with Gasteiger partial charge < -0.3 is 19.5 Å². The lowest BCUT2D eigenvalue weighted by Crippen LogP contribution is -2.38. The van der Waals surface area contributed by atoms with Crippen LogP contribution in [0.25, 0.3) is 0 Å². The number of benzene rings is 1. The monoisotopic (exact) mass is 267 g/mol. The first-order chi connectivity index (χ1) is 9.10. The molecule has 0 aliphatic heterocycles. The van der Waals surface area contributed by atoms with E-state index < -0.39 is 11.9 Å². The van der Waals surface area contributed by atoms with E-state index in [0.717, 1.165) is 0 Å². The normalized spacial score (nSPS) is 10.0. The molecule has 1 rings (SSSR count). The van der Waals surface area contributed by atoms with Crippen LogP contribution < -0.4 is 4.74 Å². The smallest absolute Gasteiger partial charge is 0.323 e. The minimum Gasteiger partial charge on any atom is -0.496 e. The molecule has 0 heterocycles. The number of carboxylic acids is 1. The van der Waals surface area contributed by atoms with E-state index in [0.29, 0.717) is 11.3 Å². The Labute approximate surface area is 111 Å². The van der Waals surface area contributed by atoms with E-state index in [1.807, 2.05) is 0 Å². The van der Waals surface area contributed by atoms with Gasteiger partial charge in [-0.25, -0.2) is 0 Å². The van der Waals surface area contributed by atoms with E-state index in [-0.39, 0.29) is 19.7 Å². The van der Waals surface area contributed by atoms with Crippen LogP contribution in [0.5, 0.6) is 5.75 Å². The van der Waals surface area contributed by atoms with Gasteiger partial charge in [-0.3, -0.25) is 9.59 Å². The molecule has 6 nitrogen and oxygen atoms in total. The third-order valence-electron chi connectivity index (χ3n) is 2.52. The highest BCUT2D eigenvalue weighted by Crippen LogP contribution is 2.19. The summed E-state index contributed by atoms with van der Waals surface area (Å²) >= 11 is 0. The third kappa shape index (κ3) is 4.26. The van der Waals surface area contributed by atoms with Gasteiger partial charge in [-0.15, -0.1) is 0 Å². The maximum Gasteiger partial charge on any atom is 0.323 e. The van der Waals surface area contributed by atoms with E-state index in [2.05, 4.69) is 0 Å². The predicted molar refractivity (Wildman–Crippen MR) is 68.4 cm³/mol. The first kappa shape index (κ1) is 15.0. The number of carbonyl (C=O) groups is 2. The van der Waals surface area contributed by atoms with Gasteiger partial charge in [0.05, 0.1) is 19.3 Å². The van der Waals surface area contributed by atoms with E-state index in [1.54, 1.807) is 24.3 Å². The molecule has 0 saturated carbocycles. The summed E-state index contributed by atoms with van der Waals surface area (Å²) in [4.78, 5) is 24.3. The van der Waals surface area contributed by atoms with Crippen LogP contribution in [0.3, 0.4) is 0 Å². The van der Waals surface area contributed by atoms with Crippen LogP contribution in [-0.4, -0.2) is 55.8 Å². The number of carboxylic acid groups (broad SMARTS) is 1.